The summed E-state index contributed by atoms with van der Waals surface area (Å²) in [7, 11) is 1.57. The Bertz CT molecular complexity index is 748. The second-order valence-electron chi connectivity index (χ2n) is 5.08. The first-order valence-corrected chi connectivity index (χ1v) is 8.04. The van der Waals surface area contributed by atoms with Crippen molar-refractivity contribution in [2.24, 2.45) is 0 Å². The van der Waals surface area contributed by atoms with E-state index < -0.39 is 5.25 Å². The van der Waals surface area contributed by atoms with Crippen LogP contribution < -0.4 is 15.4 Å². The van der Waals surface area contributed by atoms with Crippen LogP contribution in [0, 0.1) is 0 Å². The highest BCUT2D eigenvalue weighted by atomic mass is 32.2. The van der Waals surface area contributed by atoms with Crippen molar-refractivity contribution in [2.75, 3.05) is 17.7 Å². The molecule has 1 heterocycles. The van der Waals surface area contributed by atoms with Crippen molar-refractivity contribution in [3.8, 4) is 5.75 Å². The SMILES string of the molecule is COc1cccc(NC(=O)CC2Sc3ccccc3NC2=O)c1. The Labute approximate surface area is 138 Å². The van der Waals surface area contributed by atoms with E-state index in [-0.39, 0.29) is 18.2 Å². The van der Waals surface area contributed by atoms with Gasteiger partial charge >= 0.3 is 0 Å². The first kappa shape index (κ1) is 15.4. The third kappa shape index (κ3) is 3.65. The van der Waals surface area contributed by atoms with Gasteiger partial charge in [0.15, 0.2) is 0 Å². The van der Waals surface area contributed by atoms with E-state index in [9.17, 15) is 9.59 Å². The maximum atomic E-state index is 12.2. The standard InChI is InChI=1S/C17H16N2O3S/c1-22-12-6-4-5-11(9-12)18-16(20)10-15-17(21)19-13-7-2-3-8-14(13)23-15/h2-9,15H,10H2,1H3,(H,18,20)(H,19,21). The predicted molar refractivity (Wildman–Crippen MR) is 91.0 cm³/mol. The van der Waals surface area contributed by atoms with Crippen LogP contribution in [-0.2, 0) is 9.59 Å². The number of rotatable bonds is 4. The first-order valence-electron chi connectivity index (χ1n) is 7.16. The van der Waals surface area contributed by atoms with Gasteiger partial charge in [-0.1, -0.05) is 18.2 Å². The summed E-state index contributed by atoms with van der Waals surface area (Å²) in [5.41, 5.74) is 1.45. The number of anilines is 2. The molecule has 3 rings (SSSR count). The summed E-state index contributed by atoms with van der Waals surface area (Å²) in [6, 6.07) is 14.7. The topological polar surface area (TPSA) is 67.4 Å². The molecule has 1 aliphatic rings. The monoisotopic (exact) mass is 328 g/mol. The quantitative estimate of drug-likeness (QED) is 0.905. The van der Waals surface area contributed by atoms with Gasteiger partial charge in [0.1, 0.15) is 5.75 Å². The average Bonchev–Trinajstić information content (AvgIpc) is 2.55. The molecule has 0 fully saturated rings. The van der Waals surface area contributed by atoms with Crippen molar-refractivity contribution in [3.05, 3.63) is 48.5 Å². The second-order valence-corrected chi connectivity index (χ2v) is 6.32. The molecule has 0 radical (unpaired) electrons. The van der Waals surface area contributed by atoms with Crippen LogP contribution in [0.1, 0.15) is 6.42 Å². The molecule has 0 saturated heterocycles. The summed E-state index contributed by atoms with van der Waals surface area (Å²) in [6.07, 6.45) is 0.113. The molecule has 2 N–H and O–H groups in total. The van der Waals surface area contributed by atoms with Crippen molar-refractivity contribution < 1.29 is 14.3 Å². The van der Waals surface area contributed by atoms with Gasteiger partial charge in [-0.25, -0.2) is 0 Å². The van der Waals surface area contributed by atoms with Crippen LogP contribution in [0.4, 0.5) is 11.4 Å². The van der Waals surface area contributed by atoms with Crippen LogP contribution in [0.3, 0.4) is 0 Å². The van der Waals surface area contributed by atoms with Crippen molar-refractivity contribution in [1.29, 1.82) is 0 Å². The van der Waals surface area contributed by atoms with Gasteiger partial charge in [0.05, 0.1) is 18.0 Å². The highest BCUT2D eigenvalue weighted by Gasteiger charge is 2.28. The fraction of sp³-hybridized carbons (Fsp3) is 0.176. The van der Waals surface area contributed by atoms with E-state index in [0.717, 1.165) is 10.6 Å². The smallest absolute Gasteiger partial charge is 0.238 e. The summed E-state index contributed by atoms with van der Waals surface area (Å²) in [6.45, 7) is 0. The molecule has 0 spiro atoms. The number of methoxy groups -OCH3 is 1. The van der Waals surface area contributed by atoms with Gasteiger partial charge < -0.3 is 15.4 Å². The minimum Gasteiger partial charge on any atom is -0.497 e. The summed E-state index contributed by atoms with van der Waals surface area (Å²) >= 11 is 1.41. The fourth-order valence-corrected chi connectivity index (χ4v) is 3.42. The third-order valence-electron chi connectivity index (χ3n) is 3.43. The Kier molecular flexibility index (Phi) is 4.52. The van der Waals surface area contributed by atoms with E-state index >= 15 is 0 Å². The Balaban J connectivity index is 1.65. The molecule has 1 unspecified atom stereocenters. The number of carbonyl (C=O) groups excluding carboxylic acids is 2. The zero-order chi connectivity index (χ0) is 16.2. The zero-order valence-electron chi connectivity index (χ0n) is 12.5. The van der Waals surface area contributed by atoms with Crippen LogP contribution in [0.15, 0.2) is 53.4 Å². The summed E-state index contributed by atoms with van der Waals surface area (Å²) in [5, 5.41) is 5.20. The van der Waals surface area contributed by atoms with E-state index in [4.69, 9.17) is 4.74 Å². The normalized spacial score (nSPS) is 16.2. The molecule has 2 aromatic rings. The Morgan fingerprint density at radius 2 is 2.09 bits per heavy atom. The third-order valence-corrected chi connectivity index (χ3v) is 4.71. The molecule has 6 heteroatoms. The molecule has 0 aliphatic carbocycles. The lowest BCUT2D eigenvalue weighted by molar-refractivity contribution is -0.120. The lowest BCUT2D eigenvalue weighted by atomic mass is 10.2. The van der Waals surface area contributed by atoms with Crippen molar-refractivity contribution in [1.82, 2.24) is 0 Å². The summed E-state index contributed by atoms with van der Waals surface area (Å²) < 4.78 is 5.12. The molecule has 0 saturated carbocycles. The fourth-order valence-electron chi connectivity index (χ4n) is 2.31. The van der Waals surface area contributed by atoms with Gasteiger partial charge in [0.25, 0.3) is 0 Å². The predicted octanol–water partition coefficient (Wildman–Crippen LogP) is 3.14. The van der Waals surface area contributed by atoms with E-state index in [0.29, 0.717) is 11.4 Å². The second kappa shape index (κ2) is 6.75. The van der Waals surface area contributed by atoms with Gasteiger partial charge in [-0.05, 0) is 24.3 Å². The van der Waals surface area contributed by atoms with Crippen LogP contribution in [0.25, 0.3) is 0 Å². The van der Waals surface area contributed by atoms with Crippen LogP contribution in [0.2, 0.25) is 0 Å². The van der Waals surface area contributed by atoms with Gasteiger partial charge in [-0.15, -0.1) is 11.8 Å². The van der Waals surface area contributed by atoms with Crippen LogP contribution >= 0.6 is 11.8 Å². The number of hydrogen-bond acceptors (Lipinski definition) is 4. The van der Waals surface area contributed by atoms with Gasteiger partial charge in [-0.3, -0.25) is 9.59 Å². The number of amides is 2. The van der Waals surface area contributed by atoms with Crippen molar-refractivity contribution in [2.45, 2.75) is 16.6 Å². The van der Waals surface area contributed by atoms with Gasteiger partial charge in [0, 0.05) is 23.1 Å². The minimum absolute atomic E-state index is 0.113. The minimum atomic E-state index is -0.435. The number of hydrogen-bond donors (Lipinski definition) is 2. The Morgan fingerprint density at radius 3 is 2.91 bits per heavy atom. The highest BCUT2D eigenvalue weighted by Crippen LogP contribution is 2.36. The number of fused-ring (bicyclic) bond motifs is 1. The number of benzene rings is 2. The number of thioether (sulfide) groups is 1. The highest BCUT2D eigenvalue weighted by molar-refractivity contribution is 8.01. The molecule has 0 aromatic heterocycles. The molecular weight excluding hydrogens is 312 g/mol. The number of ether oxygens (including phenoxy) is 1. The maximum absolute atomic E-state index is 12.2. The number of nitrogens with one attached hydrogen (secondary N) is 2. The number of para-hydroxylation sites is 1. The van der Waals surface area contributed by atoms with E-state index in [1.54, 1.807) is 31.4 Å². The van der Waals surface area contributed by atoms with Crippen LogP contribution in [0.5, 0.6) is 5.75 Å². The molecule has 0 bridgehead atoms. The van der Waals surface area contributed by atoms with Crippen LogP contribution in [-0.4, -0.2) is 24.2 Å². The Morgan fingerprint density at radius 1 is 1.26 bits per heavy atom. The molecule has 2 aromatic carbocycles. The molecular formula is C17H16N2O3S. The van der Waals surface area contributed by atoms with Crippen molar-refractivity contribution in [3.63, 3.8) is 0 Å². The molecule has 1 atom stereocenters. The van der Waals surface area contributed by atoms with E-state index in [1.807, 2.05) is 24.3 Å². The Hall–Kier alpha value is -2.47. The average molecular weight is 328 g/mol. The number of carbonyl (C=O) groups is 2. The lowest BCUT2D eigenvalue weighted by Gasteiger charge is -2.23. The summed E-state index contributed by atoms with van der Waals surface area (Å²) in [5.74, 6) is 0.321. The van der Waals surface area contributed by atoms with E-state index in [1.165, 1.54) is 11.8 Å². The molecule has 1 aliphatic heterocycles. The molecule has 23 heavy (non-hydrogen) atoms. The summed E-state index contributed by atoms with van der Waals surface area (Å²) in [4.78, 5) is 25.3. The van der Waals surface area contributed by atoms with Gasteiger partial charge in [0.2, 0.25) is 11.8 Å². The van der Waals surface area contributed by atoms with Gasteiger partial charge in [-0.2, -0.15) is 0 Å². The zero-order valence-corrected chi connectivity index (χ0v) is 13.4. The van der Waals surface area contributed by atoms with Crippen molar-refractivity contribution >= 4 is 35.0 Å². The first-order chi connectivity index (χ1) is 11.2. The molecule has 5 nitrogen and oxygen atoms in total. The molecule has 118 valence electrons. The lowest BCUT2D eigenvalue weighted by Crippen LogP contribution is -2.32. The van der Waals surface area contributed by atoms with E-state index in [2.05, 4.69) is 10.6 Å². The molecule has 2 amide bonds. The largest absolute Gasteiger partial charge is 0.497 e. The maximum Gasteiger partial charge on any atom is 0.238 e.